The monoisotopic (exact) mass is 446 g/mol. The summed E-state index contributed by atoms with van der Waals surface area (Å²) in [5.74, 6) is -1.14. The van der Waals surface area contributed by atoms with Crippen molar-refractivity contribution >= 4 is 11.9 Å². The second-order valence-electron chi connectivity index (χ2n) is 7.79. The number of phenolic OH excluding ortho intramolecular Hbond substituents is 2. The van der Waals surface area contributed by atoms with Crippen LogP contribution in [0.4, 0.5) is 0 Å². The number of benzene rings is 1. The van der Waals surface area contributed by atoms with Crippen LogP contribution >= 0.6 is 0 Å². The van der Waals surface area contributed by atoms with Gasteiger partial charge < -0.3 is 29.0 Å². The highest BCUT2D eigenvalue weighted by molar-refractivity contribution is 5.81. The van der Waals surface area contributed by atoms with Crippen molar-refractivity contribution in [1.82, 2.24) is 9.80 Å². The summed E-state index contributed by atoms with van der Waals surface area (Å²) in [5.41, 5.74) is 0.337. The first kappa shape index (κ1) is 23.6. The van der Waals surface area contributed by atoms with Gasteiger partial charge in [0.2, 0.25) is 5.91 Å². The van der Waals surface area contributed by atoms with E-state index in [1.807, 2.05) is 0 Å². The summed E-state index contributed by atoms with van der Waals surface area (Å²) in [4.78, 5) is 28.6. The first-order chi connectivity index (χ1) is 15.4. The molecule has 1 amide bonds. The van der Waals surface area contributed by atoms with E-state index < -0.39 is 11.9 Å². The molecule has 1 unspecified atom stereocenters. The summed E-state index contributed by atoms with van der Waals surface area (Å²) in [5, 5.41) is 19.6. The predicted molar refractivity (Wildman–Crippen MR) is 115 cm³/mol. The van der Waals surface area contributed by atoms with Crippen molar-refractivity contribution in [2.24, 2.45) is 0 Å². The number of furan rings is 1. The summed E-state index contributed by atoms with van der Waals surface area (Å²) >= 11 is 0. The van der Waals surface area contributed by atoms with Crippen molar-refractivity contribution in [2.45, 2.75) is 25.8 Å². The van der Waals surface area contributed by atoms with Crippen LogP contribution in [0.5, 0.6) is 11.5 Å². The number of methoxy groups -OCH3 is 1. The Morgan fingerprint density at radius 3 is 2.47 bits per heavy atom. The van der Waals surface area contributed by atoms with Gasteiger partial charge in [-0.2, -0.15) is 0 Å². The maximum atomic E-state index is 12.4. The zero-order valence-corrected chi connectivity index (χ0v) is 18.5. The Morgan fingerprint density at radius 1 is 1.16 bits per heavy atom. The number of amides is 1. The van der Waals surface area contributed by atoms with Gasteiger partial charge in [-0.15, -0.1) is 0 Å². The standard InChI is InChI=1S/C23H30N2O7/c1-16(26)25(7-3-6-24-8-10-31-11-9-24)15-20-4-5-21(32-20)22(23(29)30-2)17-12-18(27)14-19(28)13-17/h4-5,12-14,22,27-28H,3,6-11,15H2,1-2H3. The van der Waals surface area contributed by atoms with Gasteiger partial charge in [0.1, 0.15) is 28.9 Å². The van der Waals surface area contributed by atoms with Crippen LogP contribution in [0, 0.1) is 0 Å². The molecule has 1 aliphatic heterocycles. The van der Waals surface area contributed by atoms with E-state index in [2.05, 4.69) is 4.90 Å². The minimum absolute atomic E-state index is 0.0626. The molecule has 1 fully saturated rings. The van der Waals surface area contributed by atoms with E-state index in [9.17, 15) is 19.8 Å². The third-order valence-electron chi connectivity index (χ3n) is 5.46. The van der Waals surface area contributed by atoms with Gasteiger partial charge in [-0.3, -0.25) is 14.5 Å². The van der Waals surface area contributed by atoms with Gasteiger partial charge in [0, 0.05) is 39.2 Å². The number of nitrogens with zero attached hydrogens (tertiary/aromatic N) is 2. The van der Waals surface area contributed by atoms with E-state index in [1.54, 1.807) is 17.0 Å². The molecular formula is C23H30N2O7. The van der Waals surface area contributed by atoms with Gasteiger partial charge in [0.15, 0.2) is 0 Å². The van der Waals surface area contributed by atoms with Crippen molar-refractivity contribution in [3.05, 3.63) is 47.4 Å². The van der Waals surface area contributed by atoms with Gasteiger partial charge in [0.25, 0.3) is 0 Å². The van der Waals surface area contributed by atoms with Crippen LogP contribution in [0.1, 0.15) is 36.3 Å². The van der Waals surface area contributed by atoms with E-state index in [-0.39, 0.29) is 24.0 Å². The quantitative estimate of drug-likeness (QED) is 0.563. The fourth-order valence-electron chi connectivity index (χ4n) is 3.80. The number of carbonyl (C=O) groups is 2. The molecule has 9 nitrogen and oxygen atoms in total. The number of esters is 1. The van der Waals surface area contributed by atoms with Crippen LogP contribution in [-0.2, 0) is 25.6 Å². The Bertz CT molecular complexity index is 901. The van der Waals surface area contributed by atoms with Crippen LogP contribution in [0.15, 0.2) is 34.7 Å². The maximum absolute atomic E-state index is 12.4. The summed E-state index contributed by atoms with van der Waals surface area (Å²) < 4.78 is 16.2. The molecule has 1 aromatic heterocycles. The van der Waals surface area contributed by atoms with E-state index in [1.165, 1.54) is 32.2 Å². The van der Waals surface area contributed by atoms with E-state index in [4.69, 9.17) is 13.9 Å². The number of hydrogen-bond acceptors (Lipinski definition) is 8. The molecule has 9 heteroatoms. The summed E-state index contributed by atoms with van der Waals surface area (Å²) in [7, 11) is 1.26. The maximum Gasteiger partial charge on any atom is 0.320 e. The zero-order chi connectivity index (χ0) is 23.1. The molecule has 2 heterocycles. The molecule has 3 rings (SSSR count). The lowest BCUT2D eigenvalue weighted by Crippen LogP contribution is -2.38. The van der Waals surface area contributed by atoms with Crippen molar-refractivity contribution < 1.29 is 33.7 Å². The van der Waals surface area contributed by atoms with Gasteiger partial charge >= 0.3 is 5.97 Å². The minimum Gasteiger partial charge on any atom is -0.508 e. The van der Waals surface area contributed by atoms with E-state index in [0.717, 1.165) is 39.3 Å². The van der Waals surface area contributed by atoms with Crippen LogP contribution in [0.25, 0.3) is 0 Å². The van der Waals surface area contributed by atoms with E-state index >= 15 is 0 Å². The Hall–Kier alpha value is -3.04. The molecule has 174 valence electrons. The zero-order valence-electron chi connectivity index (χ0n) is 18.5. The summed E-state index contributed by atoms with van der Waals surface area (Å²) in [6.45, 7) is 6.56. The van der Waals surface area contributed by atoms with Gasteiger partial charge in [-0.05, 0) is 36.2 Å². The van der Waals surface area contributed by atoms with Crippen molar-refractivity contribution in [3.8, 4) is 11.5 Å². The number of hydrogen-bond donors (Lipinski definition) is 2. The lowest BCUT2D eigenvalue weighted by Gasteiger charge is -2.27. The molecular weight excluding hydrogens is 416 g/mol. The molecule has 0 saturated carbocycles. The molecule has 32 heavy (non-hydrogen) atoms. The lowest BCUT2D eigenvalue weighted by molar-refractivity contribution is -0.141. The highest BCUT2D eigenvalue weighted by Crippen LogP contribution is 2.32. The molecule has 1 saturated heterocycles. The number of morpholine rings is 1. The third kappa shape index (κ3) is 6.24. The average Bonchev–Trinajstić information content (AvgIpc) is 3.21. The highest BCUT2D eigenvalue weighted by Gasteiger charge is 2.28. The molecule has 0 bridgehead atoms. The predicted octanol–water partition coefficient (Wildman–Crippen LogP) is 2.07. The molecule has 1 aliphatic rings. The Morgan fingerprint density at radius 2 is 1.84 bits per heavy atom. The molecule has 0 aliphatic carbocycles. The fourth-order valence-corrected chi connectivity index (χ4v) is 3.80. The number of carbonyl (C=O) groups excluding carboxylic acids is 2. The third-order valence-corrected chi connectivity index (χ3v) is 5.46. The number of aromatic hydroxyl groups is 2. The summed E-state index contributed by atoms with van der Waals surface area (Å²) in [6.07, 6.45) is 0.834. The van der Waals surface area contributed by atoms with Crippen LogP contribution in [0.2, 0.25) is 0 Å². The highest BCUT2D eigenvalue weighted by atomic mass is 16.5. The van der Waals surface area contributed by atoms with E-state index in [0.29, 0.717) is 23.6 Å². The Balaban J connectivity index is 1.69. The van der Waals surface area contributed by atoms with Crippen LogP contribution in [-0.4, -0.2) is 78.4 Å². The normalized spacial score (nSPS) is 15.3. The van der Waals surface area contributed by atoms with Crippen molar-refractivity contribution in [1.29, 1.82) is 0 Å². The van der Waals surface area contributed by atoms with Crippen molar-refractivity contribution in [2.75, 3.05) is 46.5 Å². The topological polar surface area (TPSA) is 113 Å². The van der Waals surface area contributed by atoms with Crippen LogP contribution in [0.3, 0.4) is 0 Å². The SMILES string of the molecule is COC(=O)C(c1cc(O)cc(O)c1)c1ccc(CN(CCCN2CCOCC2)C(C)=O)o1. The van der Waals surface area contributed by atoms with Gasteiger partial charge in [-0.1, -0.05) is 0 Å². The molecule has 0 spiro atoms. The smallest absolute Gasteiger partial charge is 0.320 e. The molecule has 1 atom stereocenters. The lowest BCUT2D eigenvalue weighted by atomic mass is 9.96. The minimum atomic E-state index is -0.959. The Labute approximate surface area is 187 Å². The molecule has 2 N–H and O–H groups in total. The summed E-state index contributed by atoms with van der Waals surface area (Å²) in [6, 6.07) is 7.27. The van der Waals surface area contributed by atoms with Crippen LogP contribution < -0.4 is 0 Å². The van der Waals surface area contributed by atoms with Crippen molar-refractivity contribution in [3.63, 3.8) is 0 Å². The Kier molecular flexibility index (Phi) is 8.13. The fraction of sp³-hybridized carbons (Fsp3) is 0.478. The first-order valence-corrected chi connectivity index (χ1v) is 10.6. The molecule has 1 aromatic carbocycles. The van der Waals surface area contributed by atoms with Gasteiger partial charge in [-0.25, -0.2) is 0 Å². The molecule has 2 aromatic rings. The number of ether oxygens (including phenoxy) is 2. The number of phenols is 2. The second kappa shape index (κ2) is 11.0. The number of rotatable bonds is 9. The van der Waals surface area contributed by atoms with Gasteiger partial charge in [0.05, 0.1) is 26.9 Å². The average molecular weight is 447 g/mol. The molecule has 0 radical (unpaired) electrons. The second-order valence-corrected chi connectivity index (χ2v) is 7.79. The first-order valence-electron chi connectivity index (χ1n) is 10.6. The largest absolute Gasteiger partial charge is 0.508 e.